The normalized spacial score (nSPS) is 17.7. The van der Waals surface area contributed by atoms with E-state index >= 15 is 0 Å². The van der Waals surface area contributed by atoms with E-state index in [4.69, 9.17) is 0 Å². The summed E-state index contributed by atoms with van der Waals surface area (Å²) in [5.74, 6) is 2.26. The van der Waals surface area contributed by atoms with Crippen LogP contribution in [0.1, 0.15) is 6.42 Å². The Morgan fingerprint density at radius 1 is 0.926 bits per heavy atom. The van der Waals surface area contributed by atoms with Gasteiger partial charge in [-0.2, -0.15) is 11.8 Å². The van der Waals surface area contributed by atoms with Gasteiger partial charge in [-0.05, 0) is 36.4 Å². The third-order valence-electron chi connectivity index (χ3n) is 5.20. The van der Waals surface area contributed by atoms with Crippen LogP contribution in [0.25, 0.3) is 0 Å². The number of carbonyl (C=O) groups is 1. The molecule has 1 saturated heterocycles. The number of hydrogen-bond acceptors (Lipinski definition) is 4. The molecule has 4 nitrogen and oxygen atoms in total. The molecule has 0 spiro atoms. The van der Waals surface area contributed by atoms with Crippen LogP contribution in [0.15, 0.2) is 48.5 Å². The summed E-state index contributed by atoms with van der Waals surface area (Å²) >= 11 is 1.98. The van der Waals surface area contributed by atoms with Crippen molar-refractivity contribution in [3.8, 4) is 0 Å². The molecule has 2 aromatic rings. The highest BCUT2D eigenvalue weighted by molar-refractivity contribution is 7.99. The monoisotopic (exact) mass is 385 g/mol. The van der Waals surface area contributed by atoms with Gasteiger partial charge in [-0.1, -0.05) is 12.1 Å². The largest absolute Gasteiger partial charge is 0.338 e. The average Bonchev–Trinajstić information content (AvgIpc) is 2.73. The number of nitrogens with zero attached hydrogens (tertiary/aromatic N) is 3. The Morgan fingerprint density at radius 2 is 1.63 bits per heavy atom. The Bertz CT molecular complexity index is 792. The second-order valence-corrected chi connectivity index (χ2v) is 8.09. The molecule has 0 saturated carbocycles. The van der Waals surface area contributed by atoms with Crippen LogP contribution in [0.3, 0.4) is 0 Å². The standard InChI is InChI=1S/C21H24FN3OS/c22-17-5-7-18(8-6-17)24-11-12-25(20-4-2-1-3-19(20)24)21(26)9-10-23-13-15-27-16-14-23/h1-8H,9-16H2. The molecule has 2 aromatic carbocycles. The summed E-state index contributed by atoms with van der Waals surface area (Å²) in [5.41, 5.74) is 2.88. The lowest BCUT2D eigenvalue weighted by Crippen LogP contribution is -2.44. The van der Waals surface area contributed by atoms with Gasteiger partial charge in [0.1, 0.15) is 5.82 Å². The minimum atomic E-state index is -0.239. The molecule has 0 bridgehead atoms. The molecule has 27 heavy (non-hydrogen) atoms. The Kier molecular flexibility index (Phi) is 5.64. The van der Waals surface area contributed by atoms with E-state index in [1.165, 1.54) is 12.1 Å². The Morgan fingerprint density at radius 3 is 2.37 bits per heavy atom. The first-order valence-corrected chi connectivity index (χ1v) is 10.6. The predicted molar refractivity (Wildman–Crippen MR) is 111 cm³/mol. The second-order valence-electron chi connectivity index (χ2n) is 6.87. The van der Waals surface area contributed by atoms with Crippen molar-refractivity contribution in [1.29, 1.82) is 0 Å². The summed E-state index contributed by atoms with van der Waals surface area (Å²) in [6.45, 7) is 4.33. The van der Waals surface area contributed by atoms with Crippen molar-refractivity contribution in [2.24, 2.45) is 0 Å². The van der Waals surface area contributed by atoms with Gasteiger partial charge in [-0.25, -0.2) is 4.39 Å². The van der Waals surface area contributed by atoms with Crippen molar-refractivity contribution < 1.29 is 9.18 Å². The van der Waals surface area contributed by atoms with E-state index in [-0.39, 0.29) is 11.7 Å². The third kappa shape index (κ3) is 4.12. The second kappa shape index (κ2) is 8.31. The number of thioether (sulfide) groups is 1. The van der Waals surface area contributed by atoms with E-state index in [1.807, 2.05) is 40.9 Å². The van der Waals surface area contributed by atoms with Crippen molar-refractivity contribution in [3.05, 3.63) is 54.3 Å². The van der Waals surface area contributed by atoms with Gasteiger partial charge >= 0.3 is 0 Å². The number of carbonyl (C=O) groups excluding carboxylic acids is 1. The van der Waals surface area contributed by atoms with E-state index in [9.17, 15) is 9.18 Å². The fraction of sp³-hybridized carbons (Fsp3) is 0.381. The Hall–Kier alpha value is -2.05. The van der Waals surface area contributed by atoms with Crippen molar-refractivity contribution >= 4 is 34.7 Å². The number of anilines is 3. The molecule has 1 fully saturated rings. The van der Waals surface area contributed by atoms with Crippen LogP contribution < -0.4 is 9.80 Å². The number of hydrogen-bond donors (Lipinski definition) is 0. The first-order valence-electron chi connectivity index (χ1n) is 9.45. The molecule has 2 heterocycles. The van der Waals surface area contributed by atoms with Gasteiger partial charge in [-0.3, -0.25) is 4.79 Å². The fourth-order valence-electron chi connectivity index (χ4n) is 3.72. The van der Waals surface area contributed by atoms with Crippen LogP contribution in [0.5, 0.6) is 0 Å². The molecule has 0 atom stereocenters. The minimum absolute atomic E-state index is 0.180. The zero-order valence-corrected chi connectivity index (χ0v) is 16.1. The third-order valence-corrected chi connectivity index (χ3v) is 6.14. The summed E-state index contributed by atoms with van der Waals surface area (Å²) in [7, 11) is 0. The Labute approximate surface area is 163 Å². The highest BCUT2D eigenvalue weighted by atomic mass is 32.2. The van der Waals surface area contributed by atoms with Crippen molar-refractivity contribution in [2.45, 2.75) is 6.42 Å². The lowest BCUT2D eigenvalue weighted by molar-refractivity contribution is -0.118. The Balaban J connectivity index is 1.50. The highest BCUT2D eigenvalue weighted by Crippen LogP contribution is 2.37. The number of halogens is 1. The maximum absolute atomic E-state index is 13.3. The molecule has 142 valence electrons. The molecule has 6 heteroatoms. The quantitative estimate of drug-likeness (QED) is 0.801. The van der Waals surface area contributed by atoms with Crippen molar-refractivity contribution in [1.82, 2.24) is 4.90 Å². The lowest BCUT2D eigenvalue weighted by atomic mass is 10.1. The van der Waals surface area contributed by atoms with Crippen LogP contribution in [-0.4, -0.2) is 55.0 Å². The number of benzene rings is 2. The van der Waals surface area contributed by atoms with Gasteiger partial charge in [0.25, 0.3) is 0 Å². The molecule has 0 aliphatic carbocycles. The van der Waals surface area contributed by atoms with E-state index in [0.29, 0.717) is 19.5 Å². The van der Waals surface area contributed by atoms with Gasteiger partial charge in [0.05, 0.1) is 11.4 Å². The number of amides is 1. The molecular weight excluding hydrogens is 361 g/mol. The summed E-state index contributed by atoms with van der Waals surface area (Å²) in [6.07, 6.45) is 0.551. The molecule has 0 aromatic heterocycles. The lowest BCUT2D eigenvalue weighted by Gasteiger charge is -2.38. The van der Waals surface area contributed by atoms with E-state index in [2.05, 4.69) is 9.80 Å². The zero-order valence-electron chi connectivity index (χ0n) is 15.3. The van der Waals surface area contributed by atoms with E-state index in [1.54, 1.807) is 12.1 Å². The molecule has 0 unspecified atom stereocenters. The molecule has 2 aliphatic heterocycles. The van der Waals surface area contributed by atoms with Crippen LogP contribution in [0.2, 0.25) is 0 Å². The van der Waals surface area contributed by atoms with Crippen LogP contribution in [0.4, 0.5) is 21.5 Å². The van der Waals surface area contributed by atoms with Crippen LogP contribution >= 0.6 is 11.8 Å². The van der Waals surface area contributed by atoms with E-state index < -0.39 is 0 Å². The molecule has 1 amide bonds. The fourth-order valence-corrected chi connectivity index (χ4v) is 4.70. The van der Waals surface area contributed by atoms with Crippen LogP contribution in [-0.2, 0) is 4.79 Å². The first kappa shape index (κ1) is 18.3. The average molecular weight is 386 g/mol. The van der Waals surface area contributed by atoms with Crippen molar-refractivity contribution in [2.75, 3.05) is 54.0 Å². The molecule has 4 rings (SSSR count). The first-order chi connectivity index (χ1) is 13.2. The number of rotatable bonds is 4. The van der Waals surface area contributed by atoms with Gasteiger partial charge in [0.15, 0.2) is 0 Å². The molecule has 0 radical (unpaired) electrons. The topological polar surface area (TPSA) is 26.8 Å². The molecule has 0 N–H and O–H groups in total. The summed E-state index contributed by atoms with van der Waals surface area (Å²) < 4.78 is 13.3. The van der Waals surface area contributed by atoms with Crippen molar-refractivity contribution in [3.63, 3.8) is 0 Å². The smallest absolute Gasteiger partial charge is 0.228 e. The van der Waals surface area contributed by atoms with Gasteiger partial charge in [0, 0.05) is 56.3 Å². The summed E-state index contributed by atoms with van der Waals surface area (Å²) in [4.78, 5) is 19.4. The van der Waals surface area contributed by atoms with Crippen LogP contribution in [0, 0.1) is 5.82 Å². The number of para-hydroxylation sites is 2. The SMILES string of the molecule is O=C(CCN1CCSCC1)N1CCN(c2ccc(F)cc2)c2ccccc21. The molecular formula is C21H24FN3OS. The van der Waals surface area contributed by atoms with Gasteiger partial charge in [0.2, 0.25) is 5.91 Å². The maximum atomic E-state index is 13.3. The zero-order chi connectivity index (χ0) is 18.6. The summed E-state index contributed by atoms with van der Waals surface area (Å²) in [5, 5.41) is 0. The van der Waals surface area contributed by atoms with Gasteiger partial charge in [-0.15, -0.1) is 0 Å². The number of fused-ring (bicyclic) bond motifs is 1. The van der Waals surface area contributed by atoms with E-state index in [0.717, 1.165) is 48.2 Å². The maximum Gasteiger partial charge on any atom is 0.228 e. The van der Waals surface area contributed by atoms with Gasteiger partial charge < -0.3 is 14.7 Å². The minimum Gasteiger partial charge on any atom is -0.338 e. The molecule has 2 aliphatic rings. The summed E-state index contributed by atoms with van der Waals surface area (Å²) in [6, 6.07) is 14.5. The highest BCUT2D eigenvalue weighted by Gasteiger charge is 2.27. The predicted octanol–water partition coefficient (Wildman–Crippen LogP) is 3.75.